The lowest BCUT2D eigenvalue weighted by molar-refractivity contribution is -0.137. The zero-order chi connectivity index (χ0) is 24.5. The molecule has 7 nitrogen and oxygen atoms in total. The second-order valence-electron chi connectivity index (χ2n) is 7.06. The number of hydrogen-bond acceptors (Lipinski definition) is 5. The number of carbonyl (C=O) groups is 1. The highest BCUT2D eigenvalue weighted by Crippen LogP contribution is 2.36. The van der Waals surface area contributed by atoms with Crippen LogP contribution in [0.3, 0.4) is 0 Å². The highest BCUT2D eigenvalue weighted by Gasteiger charge is 2.33. The number of benzene rings is 2. The first-order chi connectivity index (χ1) is 14.5. The molecular weight excluding hydrogens is 493 g/mol. The van der Waals surface area contributed by atoms with Crippen LogP contribution in [-0.4, -0.2) is 41.8 Å². The second-order valence-corrected chi connectivity index (χ2v) is 11.4. The molecule has 0 aliphatic rings. The maximum Gasteiger partial charge on any atom is 0.416 e. The zero-order valence-electron chi connectivity index (χ0n) is 17.1. The van der Waals surface area contributed by atoms with Crippen LogP contribution < -0.4 is 9.62 Å². The van der Waals surface area contributed by atoms with E-state index in [0.717, 1.165) is 18.6 Å². The van der Waals surface area contributed by atoms with E-state index in [9.17, 15) is 34.8 Å². The minimum atomic E-state index is -4.74. The van der Waals surface area contributed by atoms with Gasteiger partial charge in [0.1, 0.15) is 6.54 Å². The van der Waals surface area contributed by atoms with Crippen LogP contribution in [0.4, 0.5) is 18.9 Å². The molecule has 1 amide bonds. The molecule has 0 spiro atoms. The first-order valence-electron chi connectivity index (χ1n) is 8.94. The molecule has 1 unspecified atom stereocenters. The van der Waals surface area contributed by atoms with Gasteiger partial charge in [-0.25, -0.2) is 16.8 Å². The Kier molecular flexibility index (Phi) is 7.52. The van der Waals surface area contributed by atoms with Gasteiger partial charge in [0.05, 0.1) is 33.5 Å². The van der Waals surface area contributed by atoms with Gasteiger partial charge >= 0.3 is 6.18 Å². The Morgan fingerprint density at radius 2 is 1.62 bits per heavy atom. The first-order valence-corrected chi connectivity index (χ1v) is 13.1. The maximum atomic E-state index is 13.1. The van der Waals surface area contributed by atoms with Crippen molar-refractivity contribution < 1.29 is 34.8 Å². The van der Waals surface area contributed by atoms with Gasteiger partial charge in [-0.15, -0.1) is 0 Å². The fourth-order valence-electron chi connectivity index (χ4n) is 2.77. The fraction of sp³-hybridized carbons (Fsp3) is 0.316. The molecule has 2 rings (SSSR count). The van der Waals surface area contributed by atoms with Crippen LogP contribution in [0, 0.1) is 0 Å². The van der Waals surface area contributed by atoms with E-state index in [1.165, 1.54) is 24.3 Å². The highest BCUT2D eigenvalue weighted by molar-refractivity contribution is 7.92. The average Bonchev–Trinajstić information content (AvgIpc) is 2.64. The van der Waals surface area contributed by atoms with Crippen molar-refractivity contribution in [1.29, 1.82) is 0 Å². The first kappa shape index (κ1) is 25.9. The number of carbonyl (C=O) groups excluding carboxylic acids is 1. The molecule has 2 aromatic rings. The lowest BCUT2D eigenvalue weighted by Crippen LogP contribution is -2.41. The summed E-state index contributed by atoms with van der Waals surface area (Å²) in [6.07, 6.45) is -2.95. The molecule has 0 aliphatic carbocycles. The highest BCUT2D eigenvalue weighted by atomic mass is 35.5. The van der Waals surface area contributed by atoms with E-state index in [0.29, 0.717) is 22.0 Å². The van der Waals surface area contributed by atoms with Crippen molar-refractivity contribution in [3.05, 3.63) is 58.6 Å². The van der Waals surface area contributed by atoms with Crippen LogP contribution in [0.1, 0.15) is 24.1 Å². The quantitative estimate of drug-likeness (QED) is 0.613. The van der Waals surface area contributed by atoms with Gasteiger partial charge in [0.2, 0.25) is 15.9 Å². The van der Waals surface area contributed by atoms with Crippen molar-refractivity contribution in [2.24, 2.45) is 0 Å². The van der Waals surface area contributed by atoms with E-state index >= 15 is 0 Å². The Bertz CT molecular complexity index is 1210. The Hall–Kier alpha value is -2.31. The van der Waals surface area contributed by atoms with Crippen molar-refractivity contribution in [3.63, 3.8) is 0 Å². The number of hydrogen-bond donors (Lipinski definition) is 1. The van der Waals surface area contributed by atoms with Gasteiger partial charge in [0, 0.05) is 6.26 Å². The molecule has 0 saturated heterocycles. The molecule has 0 radical (unpaired) electrons. The Morgan fingerprint density at radius 1 is 1.06 bits per heavy atom. The number of amides is 1. The van der Waals surface area contributed by atoms with Gasteiger partial charge in [0.15, 0.2) is 9.84 Å². The monoisotopic (exact) mass is 512 g/mol. The van der Waals surface area contributed by atoms with Crippen LogP contribution in [0.25, 0.3) is 0 Å². The summed E-state index contributed by atoms with van der Waals surface area (Å²) >= 11 is 5.93. The summed E-state index contributed by atoms with van der Waals surface area (Å²) < 4.78 is 87.2. The summed E-state index contributed by atoms with van der Waals surface area (Å²) in [6.45, 7) is 0.765. The minimum Gasteiger partial charge on any atom is -0.348 e. The van der Waals surface area contributed by atoms with Crippen LogP contribution in [0.15, 0.2) is 47.4 Å². The van der Waals surface area contributed by atoms with Gasteiger partial charge in [-0.3, -0.25) is 9.10 Å². The molecule has 0 bridgehead atoms. The number of nitrogens with zero attached hydrogens (tertiary/aromatic N) is 1. The normalized spacial score (nSPS) is 13.5. The minimum absolute atomic E-state index is 0.0854. The maximum absolute atomic E-state index is 13.1. The molecule has 1 N–H and O–H groups in total. The summed E-state index contributed by atoms with van der Waals surface area (Å²) in [7, 11) is -7.57. The van der Waals surface area contributed by atoms with Crippen LogP contribution in [-0.2, 0) is 30.8 Å². The second kappa shape index (κ2) is 9.28. The topological polar surface area (TPSA) is 101 Å². The largest absolute Gasteiger partial charge is 0.416 e. The van der Waals surface area contributed by atoms with Gasteiger partial charge in [0.25, 0.3) is 0 Å². The van der Waals surface area contributed by atoms with E-state index in [2.05, 4.69) is 5.32 Å². The lowest BCUT2D eigenvalue weighted by atomic mass is 10.1. The zero-order valence-corrected chi connectivity index (χ0v) is 19.5. The average molecular weight is 513 g/mol. The van der Waals surface area contributed by atoms with Crippen molar-refractivity contribution in [1.82, 2.24) is 5.32 Å². The van der Waals surface area contributed by atoms with Gasteiger partial charge in [-0.05, 0) is 42.8 Å². The molecule has 0 fully saturated rings. The van der Waals surface area contributed by atoms with E-state index in [1.54, 1.807) is 6.92 Å². The number of sulfone groups is 1. The summed E-state index contributed by atoms with van der Waals surface area (Å²) in [6, 6.07) is 7.21. The van der Waals surface area contributed by atoms with Crippen LogP contribution in [0.2, 0.25) is 5.02 Å². The lowest BCUT2D eigenvalue weighted by Gasteiger charge is -2.25. The van der Waals surface area contributed by atoms with Crippen molar-refractivity contribution in [2.75, 3.05) is 23.4 Å². The molecule has 0 saturated carbocycles. The van der Waals surface area contributed by atoms with E-state index in [4.69, 9.17) is 11.6 Å². The summed E-state index contributed by atoms with van der Waals surface area (Å²) in [5.41, 5.74) is -1.07. The van der Waals surface area contributed by atoms with Crippen molar-refractivity contribution >= 4 is 43.1 Å². The molecule has 176 valence electrons. The number of halogens is 4. The Labute approximate surface area is 189 Å². The molecule has 0 aliphatic heterocycles. The third kappa shape index (κ3) is 6.59. The number of sulfonamides is 1. The third-order valence-corrected chi connectivity index (χ3v) is 6.99. The van der Waals surface area contributed by atoms with Crippen molar-refractivity contribution in [3.8, 4) is 0 Å². The predicted molar refractivity (Wildman–Crippen MR) is 115 cm³/mol. The predicted octanol–water partition coefficient (Wildman–Crippen LogP) is 3.41. The number of alkyl halides is 3. The van der Waals surface area contributed by atoms with Gasteiger partial charge in [-0.1, -0.05) is 23.7 Å². The van der Waals surface area contributed by atoms with Crippen LogP contribution in [0.5, 0.6) is 0 Å². The SMILES string of the molecule is CC(NC(=O)CN(c1cc(C(F)(F)F)ccc1Cl)S(C)(=O)=O)c1ccc(S(C)(=O)=O)cc1. The fourth-order valence-corrected chi connectivity index (χ4v) is 4.53. The van der Waals surface area contributed by atoms with Crippen LogP contribution >= 0.6 is 11.6 Å². The summed E-state index contributed by atoms with van der Waals surface area (Å²) in [4.78, 5) is 12.6. The number of anilines is 1. The summed E-state index contributed by atoms with van der Waals surface area (Å²) in [5.74, 6) is -0.802. The molecule has 0 aromatic heterocycles. The van der Waals surface area contributed by atoms with Crippen molar-refractivity contribution in [2.45, 2.75) is 24.0 Å². The molecule has 32 heavy (non-hydrogen) atoms. The molecule has 2 aromatic carbocycles. The number of nitrogens with one attached hydrogen (secondary N) is 1. The van der Waals surface area contributed by atoms with E-state index < -0.39 is 55.8 Å². The standard InChI is InChI=1S/C19H20ClF3N2O5S2/c1-12(13-4-7-15(8-5-13)31(2,27)28)24-18(26)11-25(32(3,29)30)17-10-14(19(21,22)23)6-9-16(17)20/h4-10,12H,11H2,1-3H3,(H,24,26). The molecule has 13 heteroatoms. The molecule has 1 atom stereocenters. The Morgan fingerprint density at radius 3 is 2.09 bits per heavy atom. The number of rotatable bonds is 7. The summed E-state index contributed by atoms with van der Waals surface area (Å²) in [5, 5.41) is 2.25. The van der Waals surface area contributed by atoms with E-state index in [1.807, 2.05) is 0 Å². The van der Waals surface area contributed by atoms with Gasteiger partial charge < -0.3 is 5.32 Å². The molecule has 0 heterocycles. The van der Waals surface area contributed by atoms with E-state index in [-0.39, 0.29) is 9.92 Å². The third-order valence-electron chi connectivity index (χ3n) is 4.42. The Balaban J connectivity index is 2.27. The molecular formula is C19H20ClF3N2O5S2. The van der Waals surface area contributed by atoms with Gasteiger partial charge in [-0.2, -0.15) is 13.2 Å². The smallest absolute Gasteiger partial charge is 0.348 e.